The summed E-state index contributed by atoms with van der Waals surface area (Å²) >= 11 is 0. The number of carboxylic acids is 2. The fourth-order valence-corrected chi connectivity index (χ4v) is 4.27. The molecule has 3 N–H and O–H groups in total. The number of rotatable bonds is 14. The quantitative estimate of drug-likeness (QED) is 0.247. The van der Waals surface area contributed by atoms with Crippen molar-refractivity contribution in [1.29, 1.82) is 0 Å². The molecule has 0 aliphatic carbocycles. The predicted octanol–water partition coefficient (Wildman–Crippen LogP) is 4.29. The number of carboxylic acid groups (broad SMARTS) is 2. The summed E-state index contributed by atoms with van der Waals surface area (Å²) in [5.41, 5.74) is 0.653. The van der Waals surface area contributed by atoms with E-state index >= 15 is 0 Å². The lowest BCUT2D eigenvalue weighted by Gasteiger charge is -2.36. The number of allylic oxidation sites excluding steroid dienone is 2. The molecule has 40 heavy (non-hydrogen) atoms. The smallest absolute Gasteiger partial charge is 0.335 e. The van der Waals surface area contributed by atoms with E-state index in [4.69, 9.17) is 24.1 Å². The molecule has 212 valence electrons. The molecule has 1 aliphatic rings. The van der Waals surface area contributed by atoms with Crippen molar-refractivity contribution in [2.45, 2.75) is 38.2 Å². The van der Waals surface area contributed by atoms with E-state index in [1.807, 2.05) is 29.0 Å². The summed E-state index contributed by atoms with van der Waals surface area (Å²) < 4.78 is 25.8. The Kier molecular flexibility index (Phi) is 10.1. The number of para-hydroxylation sites is 1. The first-order valence-corrected chi connectivity index (χ1v) is 12.9. The summed E-state index contributed by atoms with van der Waals surface area (Å²) in [5, 5.41) is 28.8. The van der Waals surface area contributed by atoms with Crippen LogP contribution in [-0.4, -0.2) is 62.9 Å². The van der Waals surface area contributed by atoms with Crippen molar-refractivity contribution in [3.05, 3.63) is 84.5 Å². The maximum atomic E-state index is 11.6. The van der Waals surface area contributed by atoms with Gasteiger partial charge in [-0.3, -0.25) is 4.79 Å². The van der Waals surface area contributed by atoms with Crippen molar-refractivity contribution >= 4 is 11.9 Å². The molecule has 0 unspecified atom stereocenters. The Hall–Kier alpha value is -4.35. The number of hydrogen-bond donors (Lipinski definition) is 3. The zero-order valence-electron chi connectivity index (χ0n) is 21.8. The van der Waals surface area contributed by atoms with Gasteiger partial charge in [0.05, 0.1) is 31.1 Å². The number of ether oxygens (including phenoxy) is 4. The van der Waals surface area contributed by atoms with E-state index in [0.29, 0.717) is 43.9 Å². The average molecular weight is 553 g/mol. The first kappa shape index (κ1) is 28.7. The van der Waals surface area contributed by atoms with Gasteiger partial charge >= 0.3 is 11.9 Å². The van der Waals surface area contributed by atoms with Crippen LogP contribution < -0.4 is 9.47 Å². The normalized spacial score (nSPS) is 18.9. The van der Waals surface area contributed by atoms with E-state index in [1.165, 1.54) is 12.1 Å². The maximum absolute atomic E-state index is 11.6. The van der Waals surface area contributed by atoms with Gasteiger partial charge in [-0.15, -0.1) is 0 Å². The molecule has 3 atom stereocenters. The first-order valence-electron chi connectivity index (χ1n) is 12.9. The molecular formula is C29H32N2O9. The molecule has 1 aliphatic heterocycles. The first-order chi connectivity index (χ1) is 19.4. The van der Waals surface area contributed by atoms with Crippen LogP contribution in [0.2, 0.25) is 0 Å². The van der Waals surface area contributed by atoms with Gasteiger partial charge in [0.25, 0.3) is 0 Å². The van der Waals surface area contributed by atoms with E-state index in [-0.39, 0.29) is 36.0 Å². The van der Waals surface area contributed by atoms with Crippen molar-refractivity contribution in [3.8, 4) is 17.2 Å². The molecule has 2 aromatic carbocycles. The molecule has 3 aromatic rings. The Morgan fingerprint density at radius 3 is 2.70 bits per heavy atom. The maximum Gasteiger partial charge on any atom is 0.335 e. The fourth-order valence-electron chi connectivity index (χ4n) is 4.27. The minimum atomic E-state index is -1.10. The Morgan fingerprint density at radius 1 is 1.10 bits per heavy atom. The lowest BCUT2D eigenvalue weighted by molar-refractivity contribution is -0.247. The number of aliphatic carboxylic acids is 1. The third-order valence-electron chi connectivity index (χ3n) is 6.33. The lowest BCUT2D eigenvalue weighted by Crippen LogP contribution is -2.38. The largest absolute Gasteiger partial charge is 0.508 e. The number of benzene rings is 2. The molecule has 1 aromatic heterocycles. The zero-order valence-corrected chi connectivity index (χ0v) is 21.8. The summed E-state index contributed by atoms with van der Waals surface area (Å²) in [5.74, 6) is -1.38. The Morgan fingerprint density at radius 2 is 1.95 bits per heavy atom. The number of aromatic carboxylic acids is 1. The number of phenols is 1. The van der Waals surface area contributed by atoms with Crippen LogP contribution in [0.5, 0.6) is 17.2 Å². The number of hydrogen-bond acceptors (Lipinski definition) is 8. The molecule has 0 bridgehead atoms. The van der Waals surface area contributed by atoms with Crippen molar-refractivity contribution in [3.63, 3.8) is 0 Å². The fraction of sp³-hybridized carbons (Fsp3) is 0.345. The summed E-state index contributed by atoms with van der Waals surface area (Å²) in [7, 11) is 0. The summed E-state index contributed by atoms with van der Waals surface area (Å²) in [6, 6.07) is 11.3. The summed E-state index contributed by atoms with van der Waals surface area (Å²) in [6.45, 7) is 1.11. The predicted molar refractivity (Wildman–Crippen MR) is 142 cm³/mol. The molecule has 1 saturated heterocycles. The van der Waals surface area contributed by atoms with Crippen LogP contribution in [-0.2, 0) is 20.8 Å². The van der Waals surface area contributed by atoms with Gasteiger partial charge in [-0.25, -0.2) is 9.78 Å². The van der Waals surface area contributed by atoms with Crippen LogP contribution in [0, 0.1) is 5.92 Å². The number of aromatic hydroxyl groups is 1. The van der Waals surface area contributed by atoms with Gasteiger partial charge in [-0.05, 0) is 37.1 Å². The number of nitrogens with zero attached hydrogens (tertiary/aromatic N) is 2. The molecule has 2 heterocycles. The molecule has 11 heteroatoms. The third kappa shape index (κ3) is 8.08. The molecule has 1 fully saturated rings. The van der Waals surface area contributed by atoms with Gasteiger partial charge in [0.1, 0.15) is 19.0 Å². The Bertz CT molecular complexity index is 1290. The molecule has 0 amide bonds. The number of carbonyl (C=O) groups is 2. The number of imidazole rings is 1. The van der Waals surface area contributed by atoms with Gasteiger partial charge in [0.15, 0.2) is 17.8 Å². The summed E-state index contributed by atoms with van der Waals surface area (Å²) in [4.78, 5) is 26.3. The zero-order chi connectivity index (χ0) is 28.3. The SMILES string of the molecule is O=C(O)CC/C=C\C[C@@H]1CO[C@H](COc2cc(C(=O)O)ccc2OCCn2ccnc2)O[C@@H]1c1ccccc1O. The van der Waals surface area contributed by atoms with E-state index in [2.05, 4.69) is 4.98 Å². The van der Waals surface area contributed by atoms with Crippen LogP contribution in [0.25, 0.3) is 0 Å². The van der Waals surface area contributed by atoms with Gasteiger partial charge in [0.2, 0.25) is 0 Å². The molecule has 11 nitrogen and oxygen atoms in total. The second-order valence-electron chi connectivity index (χ2n) is 9.20. The minimum Gasteiger partial charge on any atom is -0.508 e. The van der Waals surface area contributed by atoms with E-state index < -0.39 is 24.3 Å². The lowest BCUT2D eigenvalue weighted by atomic mass is 9.91. The second kappa shape index (κ2) is 14.2. The van der Waals surface area contributed by atoms with Crippen LogP contribution >= 0.6 is 0 Å². The van der Waals surface area contributed by atoms with Gasteiger partial charge in [-0.1, -0.05) is 30.4 Å². The molecule has 0 spiro atoms. The van der Waals surface area contributed by atoms with Gasteiger partial charge < -0.3 is 38.8 Å². The Labute approximate surface area is 231 Å². The van der Waals surface area contributed by atoms with Crippen molar-refractivity contribution in [1.82, 2.24) is 9.55 Å². The van der Waals surface area contributed by atoms with Crippen molar-refractivity contribution < 1.29 is 43.9 Å². The molecular weight excluding hydrogens is 520 g/mol. The van der Waals surface area contributed by atoms with Crippen LogP contribution in [0.1, 0.15) is 41.3 Å². The van der Waals surface area contributed by atoms with Crippen LogP contribution in [0.4, 0.5) is 0 Å². The van der Waals surface area contributed by atoms with E-state index in [1.54, 1.807) is 36.8 Å². The van der Waals surface area contributed by atoms with Gasteiger partial charge in [-0.2, -0.15) is 0 Å². The van der Waals surface area contributed by atoms with E-state index in [9.17, 15) is 19.8 Å². The highest BCUT2D eigenvalue weighted by molar-refractivity contribution is 5.88. The highest BCUT2D eigenvalue weighted by Crippen LogP contribution is 2.39. The Balaban J connectivity index is 1.43. The van der Waals surface area contributed by atoms with Gasteiger partial charge in [0, 0.05) is 30.3 Å². The van der Waals surface area contributed by atoms with Crippen molar-refractivity contribution in [2.24, 2.45) is 5.92 Å². The van der Waals surface area contributed by atoms with Crippen LogP contribution in [0.3, 0.4) is 0 Å². The van der Waals surface area contributed by atoms with E-state index in [0.717, 1.165) is 0 Å². The average Bonchev–Trinajstić information content (AvgIpc) is 3.46. The monoisotopic (exact) mass is 552 g/mol. The third-order valence-corrected chi connectivity index (χ3v) is 6.33. The minimum absolute atomic E-state index is 0.0456. The van der Waals surface area contributed by atoms with Crippen LogP contribution in [0.15, 0.2) is 73.3 Å². The molecule has 4 rings (SSSR count). The highest BCUT2D eigenvalue weighted by Gasteiger charge is 2.34. The standard InChI is InChI=1S/C29H32N2O9/c32-23-8-5-4-7-22(23)28-21(6-2-1-3-9-26(33)34)17-39-27(40-28)18-38-25-16-20(29(35)36)10-11-24(25)37-15-14-31-13-12-30-19-31/h1-2,4-5,7-8,10-13,16,19,21,27-28,32H,3,6,9,14-15,17-18H2,(H,33,34)(H,35,36)/b2-1-/t21-,27+,28+/m1/s1. The summed E-state index contributed by atoms with van der Waals surface area (Å²) in [6.07, 6.45) is 8.58. The number of phenolic OH excluding ortho intramolecular Hbond substituents is 1. The topological polar surface area (TPSA) is 150 Å². The molecule has 0 saturated carbocycles. The molecule has 0 radical (unpaired) electrons. The highest BCUT2D eigenvalue weighted by atomic mass is 16.7. The number of aromatic nitrogens is 2. The second-order valence-corrected chi connectivity index (χ2v) is 9.20. The van der Waals surface area contributed by atoms with Crippen molar-refractivity contribution in [2.75, 3.05) is 19.8 Å².